The van der Waals surface area contributed by atoms with Crippen molar-refractivity contribution in [2.24, 2.45) is 10.8 Å². The molecule has 15 heavy (non-hydrogen) atoms. The summed E-state index contributed by atoms with van der Waals surface area (Å²) >= 11 is 2.26. The maximum atomic E-state index is 5.36. The van der Waals surface area contributed by atoms with Crippen molar-refractivity contribution in [3.8, 4) is 0 Å². The second-order valence-electron chi connectivity index (χ2n) is 3.35. The maximum absolute atomic E-state index is 5.36. The van der Waals surface area contributed by atoms with Crippen LogP contribution in [0.4, 0.5) is 5.69 Å². The molecule has 5 heteroatoms. The number of benzene rings is 1. The third-order valence-electron chi connectivity index (χ3n) is 1.61. The summed E-state index contributed by atoms with van der Waals surface area (Å²) in [6.07, 6.45) is 0. The molecule has 0 radical (unpaired) electrons. The van der Waals surface area contributed by atoms with Gasteiger partial charge in [-0.15, -0.1) is 0 Å². The van der Waals surface area contributed by atoms with Crippen molar-refractivity contribution >= 4 is 34.2 Å². The third-order valence-corrected chi connectivity index (χ3v) is 2.28. The van der Waals surface area contributed by atoms with E-state index < -0.39 is 0 Å². The van der Waals surface area contributed by atoms with Gasteiger partial charge in [0.2, 0.25) is 5.96 Å². The van der Waals surface area contributed by atoms with Crippen LogP contribution >= 0.6 is 22.6 Å². The van der Waals surface area contributed by atoms with Crippen molar-refractivity contribution < 1.29 is 0 Å². The fourth-order valence-corrected chi connectivity index (χ4v) is 1.61. The fourth-order valence-electron chi connectivity index (χ4n) is 1.07. The molecule has 0 aliphatic heterocycles. The van der Waals surface area contributed by atoms with E-state index in [4.69, 9.17) is 5.84 Å². The number of hydrogen-bond acceptors (Lipinski definition) is 2. The summed E-state index contributed by atoms with van der Waals surface area (Å²) in [6, 6.07) is 8.20. The second kappa shape index (κ2) is 5.92. The van der Waals surface area contributed by atoms with Gasteiger partial charge in [0, 0.05) is 15.3 Å². The summed E-state index contributed by atoms with van der Waals surface area (Å²) in [5.74, 6) is 5.94. The number of aliphatic imine (C=N–C) groups is 1. The lowest BCUT2D eigenvalue weighted by molar-refractivity contribution is 0.819. The van der Waals surface area contributed by atoms with E-state index in [0.717, 1.165) is 5.69 Å². The minimum atomic E-state index is 0.200. The number of rotatable bonds is 2. The van der Waals surface area contributed by atoms with Crippen LogP contribution in [-0.2, 0) is 0 Å². The standard InChI is InChI=1S/C10H15IN4/c1-7(2)13-10(15-12)14-9-5-3-4-8(11)6-9/h3-7H,12H2,1-2H3,(H2,13,14,15). The van der Waals surface area contributed by atoms with Gasteiger partial charge < -0.3 is 5.32 Å². The van der Waals surface area contributed by atoms with Crippen molar-refractivity contribution in [3.63, 3.8) is 0 Å². The van der Waals surface area contributed by atoms with Crippen LogP contribution in [-0.4, -0.2) is 12.0 Å². The first-order valence-electron chi connectivity index (χ1n) is 4.69. The van der Waals surface area contributed by atoms with E-state index in [1.165, 1.54) is 3.57 Å². The van der Waals surface area contributed by atoms with Crippen LogP contribution in [0.3, 0.4) is 0 Å². The van der Waals surface area contributed by atoms with Crippen LogP contribution < -0.4 is 16.6 Å². The number of nitrogens with zero attached hydrogens (tertiary/aromatic N) is 1. The van der Waals surface area contributed by atoms with Gasteiger partial charge in [-0.05, 0) is 54.6 Å². The molecule has 1 aromatic carbocycles. The van der Waals surface area contributed by atoms with Gasteiger partial charge >= 0.3 is 0 Å². The Bertz CT molecular complexity index is 349. The molecule has 0 bridgehead atoms. The molecule has 0 aliphatic rings. The predicted molar refractivity (Wildman–Crippen MR) is 72.7 cm³/mol. The lowest BCUT2D eigenvalue weighted by Gasteiger charge is -2.10. The third kappa shape index (κ3) is 4.48. The van der Waals surface area contributed by atoms with Crippen LogP contribution in [0.25, 0.3) is 0 Å². The van der Waals surface area contributed by atoms with E-state index in [2.05, 4.69) is 38.3 Å². The van der Waals surface area contributed by atoms with Gasteiger partial charge in [0.05, 0.1) is 0 Å². The van der Waals surface area contributed by atoms with Crippen LogP contribution in [0.5, 0.6) is 0 Å². The molecule has 4 N–H and O–H groups in total. The summed E-state index contributed by atoms with van der Waals surface area (Å²) in [5, 5.41) is 3.11. The number of hydrazine groups is 1. The average molecular weight is 318 g/mol. The Morgan fingerprint density at radius 2 is 2.20 bits per heavy atom. The maximum Gasteiger partial charge on any atom is 0.210 e. The molecule has 1 rings (SSSR count). The molecule has 0 fully saturated rings. The Balaban J connectivity index is 2.75. The van der Waals surface area contributed by atoms with E-state index in [1.54, 1.807) is 0 Å². The highest BCUT2D eigenvalue weighted by Crippen LogP contribution is 2.12. The first-order chi connectivity index (χ1) is 7.11. The van der Waals surface area contributed by atoms with E-state index in [-0.39, 0.29) is 6.04 Å². The van der Waals surface area contributed by atoms with Gasteiger partial charge in [-0.1, -0.05) is 6.07 Å². The van der Waals surface area contributed by atoms with Crippen molar-refractivity contribution in [1.82, 2.24) is 5.43 Å². The van der Waals surface area contributed by atoms with Gasteiger partial charge in [0.15, 0.2) is 0 Å². The summed E-state index contributed by atoms with van der Waals surface area (Å²) in [4.78, 5) is 4.29. The van der Waals surface area contributed by atoms with Crippen LogP contribution in [0, 0.1) is 3.57 Å². The van der Waals surface area contributed by atoms with Crippen LogP contribution in [0.1, 0.15) is 13.8 Å². The van der Waals surface area contributed by atoms with Crippen molar-refractivity contribution in [2.45, 2.75) is 19.9 Å². The number of nitrogens with one attached hydrogen (secondary N) is 2. The molecule has 0 saturated carbocycles. The zero-order chi connectivity index (χ0) is 11.3. The SMILES string of the molecule is CC(C)N=C(NN)Nc1cccc(I)c1. The Kier molecular flexibility index (Phi) is 4.83. The van der Waals surface area contributed by atoms with Crippen molar-refractivity contribution in [1.29, 1.82) is 0 Å². The number of nitrogens with two attached hydrogens (primary N) is 1. The number of hydrogen-bond donors (Lipinski definition) is 3. The Labute approximate surface area is 103 Å². The normalized spacial score (nSPS) is 11.7. The molecule has 0 aromatic heterocycles. The Hall–Kier alpha value is -0.820. The highest BCUT2D eigenvalue weighted by molar-refractivity contribution is 14.1. The molecule has 0 saturated heterocycles. The monoisotopic (exact) mass is 318 g/mol. The molecule has 82 valence electrons. The van der Waals surface area contributed by atoms with Gasteiger partial charge in [-0.25, -0.2) is 10.8 Å². The smallest absolute Gasteiger partial charge is 0.210 e. The van der Waals surface area contributed by atoms with Crippen LogP contribution in [0.15, 0.2) is 29.3 Å². The molecular weight excluding hydrogens is 303 g/mol. The Morgan fingerprint density at radius 1 is 1.47 bits per heavy atom. The molecule has 1 aromatic rings. The second-order valence-corrected chi connectivity index (χ2v) is 4.60. The summed E-state index contributed by atoms with van der Waals surface area (Å²) in [5.41, 5.74) is 3.51. The number of guanidine groups is 1. The van der Waals surface area contributed by atoms with E-state index in [1.807, 2.05) is 38.1 Å². The van der Waals surface area contributed by atoms with Gasteiger partial charge in [-0.2, -0.15) is 0 Å². The zero-order valence-electron chi connectivity index (χ0n) is 8.79. The predicted octanol–water partition coefficient (Wildman–Crippen LogP) is 1.93. The summed E-state index contributed by atoms with van der Waals surface area (Å²) in [6.45, 7) is 3.99. The van der Waals surface area contributed by atoms with E-state index in [9.17, 15) is 0 Å². The quantitative estimate of drug-likeness (QED) is 0.257. The highest BCUT2D eigenvalue weighted by Gasteiger charge is 1.99. The van der Waals surface area contributed by atoms with E-state index in [0.29, 0.717) is 5.96 Å². The molecular formula is C10H15IN4. The van der Waals surface area contributed by atoms with Gasteiger partial charge in [0.1, 0.15) is 0 Å². The summed E-state index contributed by atoms with van der Waals surface area (Å²) < 4.78 is 1.17. The van der Waals surface area contributed by atoms with Crippen molar-refractivity contribution in [2.75, 3.05) is 5.32 Å². The molecule has 0 atom stereocenters. The largest absolute Gasteiger partial charge is 0.325 e. The highest BCUT2D eigenvalue weighted by atomic mass is 127. The molecule has 4 nitrogen and oxygen atoms in total. The molecule has 0 unspecified atom stereocenters. The minimum Gasteiger partial charge on any atom is -0.325 e. The average Bonchev–Trinajstić information content (AvgIpc) is 2.16. The first kappa shape index (κ1) is 12.3. The van der Waals surface area contributed by atoms with Crippen molar-refractivity contribution in [3.05, 3.63) is 27.8 Å². The van der Waals surface area contributed by atoms with Gasteiger partial charge in [-0.3, -0.25) is 5.43 Å². The lowest BCUT2D eigenvalue weighted by atomic mass is 10.3. The minimum absolute atomic E-state index is 0.200. The number of anilines is 1. The summed E-state index contributed by atoms with van der Waals surface area (Å²) in [7, 11) is 0. The first-order valence-corrected chi connectivity index (χ1v) is 5.76. The lowest BCUT2D eigenvalue weighted by Crippen LogP contribution is -2.36. The molecule has 0 heterocycles. The molecule has 0 amide bonds. The fraction of sp³-hybridized carbons (Fsp3) is 0.300. The molecule has 0 aliphatic carbocycles. The topological polar surface area (TPSA) is 62.4 Å². The molecule has 0 spiro atoms. The number of halogens is 1. The zero-order valence-corrected chi connectivity index (χ0v) is 10.9. The van der Waals surface area contributed by atoms with Crippen LogP contribution in [0.2, 0.25) is 0 Å². The van der Waals surface area contributed by atoms with Gasteiger partial charge in [0.25, 0.3) is 0 Å². The van der Waals surface area contributed by atoms with E-state index >= 15 is 0 Å². The Morgan fingerprint density at radius 3 is 2.73 bits per heavy atom.